The van der Waals surface area contributed by atoms with E-state index in [-0.39, 0.29) is 11.6 Å². The van der Waals surface area contributed by atoms with Gasteiger partial charge in [-0.25, -0.2) is 8.78 Å². The maximum Gasteiger partial charge on any atom is 0.132 e. The van der Waals surface area contributed by atoms with E-state index in [9.17, 15) is 13.9 Å². The van der Waals surface area contributed by atoms with Crippen LogP contribution in [0.4, 0.5) is 8.78 Å². The summed E-state index contributed by atoms with van der Waals surface area (Å²) >= 11 is 0. The molecule has 5 heteroatoms. The van der Waals surface area contributed by atoms with Crippen molar-refractivity contribution in [1.29, 1.82) is 0 Å². The Hall–Kier alpha value is -1.04. The highest BCUT2D eigenvalue weighted by Crippen LogP contribution is 2.29. The molecular formula is C13H17F2NO2. The maximum atomic E-state index is 13.6. The third-order valence-corrected chi connectivity index (χ3v) is 3.15. The molecular weight excluding hydrogens is 240 g/mol. The third kappa shape index (κ3) is 3.04. The highest BCUT2D eigenvalue weighted by Gasteiger charge is 2.31. The summed E-state index contributed by atoms with van der Waals surface area (Å²) in [5, 5.41) is 13.5. The molecule has 0 amide bonds. The number of morpholine rings is 1. The van der Waals surface area contributed by atoms with Crippen molar-refractivity contribution in [3.63, 3.8) is 0 Å². The molecule has 0 saturated carbocycles. The highest BCUT2D eigenvalue weighted by atomic mass is 19.1. The number of rotatable bonds is 3. The molecule has 1 aromatic carbocycles. The standard InChI is InChI=1S/C13H17F2NO2/c1-13(17,7-10-8-18-5-4-16-10)11-3-2-9(14)6-12(11)15/h2-3,6,10,16-17H,4-5,7-8H2,1H3. The van der Waals surface area contributed by atoms with Crippen LogP contribution in [-0.2, 0) is 10.3 Å². The molecule has 1 aliphatic heterocycles. The second-order valence-corrected chi connectivity index (χ2v) is 4.83. The van der Waals surface area contributed by atoms with Gasteiger partial charge in [-0.15, -0.1) is 0 Å². The predicted molar refractivity (Wildman–Crippen MR) is 63.2 cm³/mol. The Kier molecular flexibility index (Phi) is 3.94. The van der Waals surface area contributed by atoms with E-state index in [1.165, 1.54) is 13.0 Å². The van der Waals surface area contributed by atoms with E-state index < -0.39 is 17.2 Å². The van der Waals surface area contributed by atoms with Crippen LogP contribution in [0.2, 0.25) is 0 Å². The summed E-state index contributed by atoms with van der Waals surface area (Å²) in [5.74, 6) is -1.37. The number of ether oxygens (including phenoxy) is 1. The minimum atomic E-state index is -1.35. The number of halogens is 2. The molecule has 1 aliphatic rings. The lowest BCUT2D eigenvalue weighted by molar-refractivity contribution is 0.00106. The van der Waals surface area contributed by atoms with Crippen LogP contribution in [0.3, 0.4) is 0 Å². The van der Waals surface area contributed by atoms with E-state index in [0.717, 1.165) is 12.1 Å². The third-order valence-electron chi connectivity index (χ3n) is 3.15. The van der Waals surface area contributed by atoms with Gasteiger partial charge in [0.05, 0.1) is 18.8 Å². The molecule has 2 N–H and O–H groups in total. The number of hydrogen-bond acceptors (Lipinski definition) is 3. The predicted octanol–water partition coefficient (Wildman–Crippen LogP) is 1.55. The molecule has 1 saturated heterocycles. The molecule has 0 bridgehead atoms. The van der Waals surface area contributed by atoms with Gasteiger partial charge in [-0.05, 0) is 19.4 Å². The first-order chi connectivity index (χ1) is 8.49. The molecule has 3 nitrogen and oxygen atoms in total. The largest absolute Gasteiger partial charge is 0.385 e. The van der Waals surface area contributed by atoms with Crippen molar-refractivity contribution in [2.24, 2.45) is 0 Å². The van der Waals surface area contributed by atoms with Crippen LogP contribution in [0, 0.1) is 11.6 Å². The molecule has 2 atom stereocenters. The fourth-order valence-electron chi connectivity index (χ4n) is 2.27. The summed E-state index contributed by atoms with van der Waals surface area (Å²) in [5.41, 5.74) is -1.24. The molecule has 2 unspecified atom stereocenters. The Morgan fingerprint density at radius 1 is 1.50 bits per heavy atom. The fraction of sp³-hybridized carbons (Fsp3) is 0.538. The molecule has 1 heterocycles. The van der Waals surface area contributed by atoms with Crippen molar-refractivity contribution < 1.29 is 18.6 Å². The first-order valence-corrected chi connectivity index (χ1v) is 5.98. The van der Waals surface area contributed by atoms with Crippen LogP contribution in [0.15, 0.2) is 18.2 Å². The zero-order chi connectivity index (χ0) is 13.2. The van der Waals surface area contributed by atoms with Gasteiger partial charge in [0.25, 0.3) is 0 Å². The summed E-state index contributed by atoms with van der Waals surface area (Å²) in [4.78, 5) is 0. The van der Waals surface area contributed by atoms with Crippen LogP contribution in [0.1, 0.15) is 18.9 Å². The Morgan fingerprint density at radius 3 is 2.89 bits per heavy atom. The van der Waals surface area contributed by atoms with Crippen LogP contribution in [-0.4, -0.2) is 30.9 Å². The fourth-order valence-corrected chi connectivity index (χ4v) is 2.27. The summed E-state index contributed by atoms with van der Waals surface area (Å²) in [6.45, 7) is 3.37. The number of nitrogens with one attached hydrogen (secondary N) is 1. The topological polar surface area (TPSA) is 41.5 Å². The van der Waals surface area contributed by atoms with E-state index in [1.54, 1.807) is 0 Å². The highest BCUT2D eigenvalue weighted by molar-refractivity contribution is 5.24. The second kappa shape index (κ2) is 5.30. The maximum absolute atomic E-state index is 13.6. The van der Waals surface area contributed by atoms with Gasteiger partial charge in [-0.1, -0.05) is 6.07 Å². The Labute approximate surface area is 105 Å². The van der Waals surface area contributed by atoms with Crippen LogP contribution in [0.25, 0.3) is 0 Å². The molecule has 100 valence electrons. The first-order valence-electron chi connectivity index (χ1n) is 5.98. The van der Waals surface area contributed by atoms with Gasteiger partial charge in [0.1, 0.15) is 11.6 Å². The van der Waals surface area contributed by atoms with Gasteiger partial charge in [-0.3, -0.25) is 0 Å². The Morgan fingerprint density at radius 2 is 2.28 bits per heavy atom. The van der Waals surface area contributed by atoms with Crippen molar-refractivity contribution >= 4 is 0 Å². The van der Waals surface area contributed by atoms with E-state index in [4.69, 9.17) is 4.74 Å². The second-order valence-electron chi connectivity index (χ2n) is 4.83. The molecule has 1 fully saturated rings. The SMILES string of the molecule is CC(O)(CC1COCCN1)c1ccc(F)cc1F. The first kappa shape index (κ1) is 13.4. The van der Waals surface area contributed by atoms with Crippen molar-refractivity contribution in [3.8, 4) is 0 Å². The van der Waals surface area contributed by atoms with Gasteiger partial charge in [0.2, 0.25) is 0 Å². The average molecular weight is 257 g/mol. The van der Waals surface area contributed by atoms with Crippen molar-refractivity contribution in [2.75, 3.05) is 19.8 Å². The number of hydrogen-bond donors (Lipinski definition) is 2. The van der Waals surface area contributed by atoms with Crippen molar-refractivity contribution in [3.05, 3.63) is 35.4 Å². The molecule has 1 aromatic rings. The summed E-state index contributed by atoms with van der Waals surface area (Å²) in [7, 11) is 0. The number of aliphatic hydroxyl groups is 1. The minimum absolute atomic E-state index is 0.0294. The van der Waals surface area contributed by atoms with Gasteiger partial charge in [0.15, 0.2) is 0 Å². The van der Waals surface area contributed by atoms with Crippen LogP contribution >= 0.6 is 0 Å². The van der Waals surface area contributed by atoms with Crippen molar-refractivity contribution in [2.45, 2.75) is 25.0 Å². The normalized spacial score (nSPS) is 23.7. The van der Waals surface area contributed by atoms with Gasteiger partial charge < -0.3 is 15.2 Å². The average Bonchev–Trinajstić information content (AvgIpc) is 2.29. The van der Waals surface area contributed by atoms with E-state index in [0.29, 0.717) is 26.2 Å². The van der Waals surface area contributed by atoms with Gasteiger partial charge >= 0.3 is 0 Å². The molecule has 0 spiro atoms. The quantitative estimate of drug-likeness (QED) is 0.863. The van der Waals surface area contributed by atoms with E-state index >= 15 is 0 Å². The zero-order valence-corrected chi connectivity index (χ0v) is 10.2. The van der Waals surface area contributed by atoms with E-state index in [1.807, 2.05) is 0 Å². The lowest BCUT2D eigenvalue weighted by Gasteiger charge is -2.32. The van der Waals surface area contributed by atoms with Crippen LogP contribution < -0.4 is 5.32 Å². The lowest BCUT2D eigenvalue weighted by Crippen LogP contribution is -2.45. The molecule has 0 radical (unpaired) electrons. The molecule has 2 rings (SSSR count). The van der Waals surface area contributed by atoms with Crippen LogP contribution in [0.5, 0.6) is 0 Å². The summed E-state index contributed by atoms with van der Waals surface area (Å²) < 4.78 is 31.8. The van der Waals surface area contributed by atoms with Gasteiger partial charge in [-0.2, -0.15) is 0 Å². The summed E-state index contributed by atoms with van der Waals surface area (Å²) in [6, 6.07) is 3.19. The van der Waals surface area contributed by atoms with Gasteiger partial charge in [0, 0.05) is 24.2 Å². The molecule has 0 aromatic heterocycles. The smallest absolute Gasteiger partial charge is 0.132 e. The van der Waals surface area contributed by atoms with Crippen molar-refractivity contribution in [1.82, 2.24) is 5.32 Å². The molecule has 18 heavy (non-hydrogen) atoms. The van der Waals surface area contributed by atoms with E-state index in [2.05, 4.69) is 5.32 Å². The lowest BCUT2D eigenvalue weighted by atomic mass is 9.88. The molecule has 0 aliphatic carbocycles. The zero-order valence-electron chi connectivity index (χ0n) is 10.2. The number of benzene rings is 1. The summed E-state index contributed by atoms with van der Waals surface area (Å²) in [6.07, 6.45) is 0.315. The Balaban J connectivity index is 2.13. The Bertz CT molecular complexity index is 417. The minimum Gasteiger partial charge on any atom is -0.385 e. The monoisotopic (exact) mass is 257 g/mol.